The molecule has 10 heteroatoms. The van der Waals surface area contributed by atoms with Crippen LogP contribution in [0.15, 0.2) is 66.7 Å². The lowest BCUT2D eigenvalue weighted by Gasteiger charge is -2.22. The molecule has 0 aromatic heterocycles. The van der Waals surface area contributed by atoms with Gasteiger partial charge >= 0.3 is 0 Å². The second-order valence-electron chi connectivity index (χ2n) is 7.15. The van der Waals surface area contributed by atoms with E-state index in [-0.39, 0.29) is 17.8 Å². The lowest BCUT2D eigenvalue weighted by atomic mass is 10.1. The van der Waals surface area contributed by atoms with Crippen LogP contribution in [0, 0.1) is 22.9 Å². The van der Waals surface area contributed by atoms with E-state index in [4.69, 9.17) is 0 Å². The number of hydrogen-bond donors (Lipinski definition) is 1. The fourth-order valence-electron chi connectivity index (χ4n) is 2.99. The molecule has 3 aromatic rings. The Morgan fingerprint density at radius 1 is 1.06 bits per heavy atom. The number of nitrogens with one attached hydrogen (secondary N) is 1. The van der Waals surface area contributed by atoms with Crippen LogP contribution in [0.4, 0.5) is 21.5 Å². The molecule has 1 N–H and O–H groups in total. The summed E-state index contributed by atoms with van der Waals surface area (Å²) in [7, 11) is -3.65. The van der Waals surface area contributed by atoms with Crippen LogP contribution in [0.5, 0.6) is 0 Å². The van der Waals surface area contributed by atoms with Gasteiger partial charge in [-0.15, -0.1) is 0 Å². The van der Waals surface area contributed by atoms with Crippen molar-refractivity contribution in [1.82, 2.24) is 0 Å². The number of benzene rings is 3. The molecule has 0 radical (unpaired) electrons. The molecule has 0 aliphatic rings. The standard InChI is InChI=1S/C22H20FN3O5S/c1-15-3-10-20(26(28)29)13-21(15)24-22(27)17-6-11-19(12-7-17)25(32(2,30)31)14-16-4-8-18(23)9-5-16/h3-13H,14H2,1-2H3,(H,24,27). The maximum absolute atomic E-state index is 13.1. The summed E-state index contributed by atoms with van der Waals surface area (Å²) in [6.07, 6.45) is 1.06. The van der Waals surface area contributed by atoms with Gasteiger partial charge in [-0.25, -0.2) is 12.8 Å². The molecule has 0 bridgehead atoms. The first kappa shape index (κ1) is 22.9. The first-order valence-electron chi connectivity index (χ1n) is 9.43. The fraction of sp³-hybridized carbons (Fsp3) is 0.136. The van der Waals surface area contributed by atoms with Gasteiger partial charge in [-0.05, 0) is 54.4 Å². The number of sulfonamides is 1. The van der Waals surface area contributed by atoms with Crippen molar-refractivity contribution in [3.8, 4) is 0 Å². The predicted molar refractivity (Wildman–Crippen MR) is 120 cm³/mol. The smallest absolute Gasteiger partial charge is 0.271 e. The Morgan fingerprint density at radius 3 is 2.25 bits per heavy atom. The van der Waals surface area contributed by atoms with Gasteiger partial charge in [0.05, 0.1) is 29.1 Å². The van der Waals surface area contributed by atoms with Crippen LogP contribution < -0.4 is 9.62 Å². The minimum Gasteiger partial charge on any atom is -0.321 e. The summed E-state index contributed by atoms with van der Waals surface area (Å²) in [6.45, 7) is 1.71. The molecule has 1 amide bonds. The summed E-state index contributed by atoms with van der Waals surface area (Å²) < 4.78 is 38.9. The Morgan fingerprint density at radius 2 is 1.69 bits per heavy atom. The third-order valence-electron chi connectivity index (χ3n) is 4.74. The van der Waals surface area contributed by atoms with Crippen LogP contribution in [0.1, 0.15) is 21.5 Å². The number of aryl methyl sites for hydroxylation is 1. The molecular formula is C22H20FN3O5S. The first-order valence-corrected chi connectivity index (χ1v) is 11.3. The Balaban J connectivity index is 1.82. The van der Waals surface area contributed by atoms with Crippen molar-refractivity contribution in [3.63, 3.8) is 0 Å². The van der Waals surface area contributed by atoms with Crippen molar-refractivity contribution in [2.24, 2.45) is 0 Å². The van der Waals surface area contributed by atoms with E-state index in [1.54, 1.807) is 6.92 Å². The molecule has 0 fully saturated rings. The third-order valence-corrected chi connectivity index (χ3v) is 5.88. The van der Waals surface area contributed by atoms with Crippen molar-refractivity contribution >= 4 is 33.0 Å². The molecule has 32 heavy (non-hydrogen) atoms. The minimum absolute atomic E-state index is 0.00245. The number of halogens is 1. The van der Waals surface area contributed by atoms with Crippen molar-refractivity contribution < 1.29 is 22.5 Å². The monoisotopic (exact) mass is 457 g/mol. The molecule has 0 heterocycles. The second-order valence-corrected chi connectivity index (χ2v) is 9.06. The zero-order chi connectivity index (χ0) is 23.5. The van der Waals surface area contributed by atoms with Crippen molar-refractivity contribution in [2.75, 3.05) is 15.9 Å². The van der Waals surface area contributed by atoms with Gasteiger partial charge in [-0.1, -0.05) is 18.2 Å². The Kier molecular flexibility index (Phi) is 6.54. The van der Waals surface area contributed by atoms with Crippen LogP contribution in [0.3, 0.4) is 0 Å². The number of nitro benzene ring substituents is 1. The number of carbonyl (C=O) groups excluding carboxylic acids is 1. The highest BCUT2D eigenvalue weighted by Crippen LogP contribution is 2.24. The van der Waals surface area contributed by atoms with Gasteiger partial charge in [0.2, 0.25) is 10.0 Å². The van der Waals surface area contributed by atoms with Gasteiger partial charge in [0.1, 0.15) is 5.82 Å². The number of rotatable bonds is 7. The van der Waals surface area contributed by atoms with Crippen molar-refractivity contribution in [3.05, 3.63) is 99.4 Å². The van der Waals surface area contributed by atoms with E-state index in [1.807, 2.05) is 0 Å². The fourth-order valence-corrected chi connectivity index (χ4v) is 3.88. The molecule has 3 rings (SSSR count). The minimum atomic E-state index is -3.65. The highest BCUT2D eigenvalue weighted by Gasteiger charge is 2.19. The maximum atomic E-state index is 13.1. The molecule has 0 atom stereocenters. The number of carbonyl (C=O) groups is 1. The molecule has 0 saturated carbocycles. The number of hydrogen-bond acceptors (Lipinski definition) is 5. The van der Waals surface area contributed by atoms with Crippen LogP contribution in [-0.4, -0.2) is 25.5 Å². The van der Waals surface area contributed by atoms with Crippen LogP contribution in [0.2, 0.25) is 0 Å². The molecule has 0 aliphatic heterocycles. The average molecular weight is 457 g/mol. The van der Waals surface area contributed by atoms with Crippen molar-refractivity contribution in [1.29, 1.82) is 0 Å². The van der Waals surface area contributed by atoms with Crippen LogP contribution >= 0.6 is 0 Å². The molecule has 3 aromatic carbocycles. The summed E-state index contributed by atoms with van der Waals surface area (Å²) in [4.78, 5) is 23.0. The van der Waals surface area contributed by atoms with Gasteiger partial charge in [0.25, 0.3) is 11.6 Å². The SMILES string of the molecule is Cc1ccc([N+](=O)[O-])cc1NC(=O)c1ccc(N(Cc2ccc(F)cc2)S(C)(=O)=O)cc1. The normalized spacial score (nSPS) is 11.1. The molecule has 0 spiro atoms. The lowest BCUT2D eigenvalue weighted by Crippen LogP contribution is -2.29. The first-order chi connectivity index (χ1) is 15.0. The highest BCUT2D eigenvalue weighted by atomic mass is 32.2. The summed E-state index contributed by atoms with van der Waals surface area (Å²) in [5.74, 6) is -0.918. The molecule has 166 valence electrons. The summed E-state index contributed by atoms with van der Waals surface area (Å²) >= 11 is 0. The van der Waals surface area contributed by atoms with Crippen LogP contribution in [-0.2, 0) is 16.6 Å². The Labute approximate surface area is 184 Å². The number of anilines is 2. The van der Waals surface area contributed by atoms with Gasteiger partial charge in [0, 0.05) is 17.7 Å². The van der Waals surface area contributed by atoms with E-state index >= 15 is 0 Å². The van der Waals surface area contributed by atoms with E-state index in [0.29, 0.717) is 22.5 Å². The van der Waals surface area contributed by atoms with Crippen molar-refractivity contribution in [2.45, 2.75) is 13.5 Å². The van der Waals surface area contributed by atoms with Gasteiger partial charge in [-0.2, -0.15) is 0 Å². The van der Waals surface area contributed by atoms with Gasteiger partial charge < -0.3 is 5.32 Å². The number of nitro groups is 1. The van der Waals surface area contributed by atoms with Crippen LogP contribution in [0.25, 0.3) is 0 Å². The molecular weight excluding hydrogens is 437 g/mol. The second kappa shape index (κ2) is 9.15. The molecule has 8 nitrogen and oxygen atoms in total. The highest BCUT2D eigenvalue weighted by molar-refractivity contribution is 7.92. The van der Waals surface area contributed by atoms with E-state index in [1.165, 1.54) is 66.7 Å². The summed E-state index contributed by atoms with van der Waals surface area (Å²) in [6, 6.07) is 15.5. The van der Waals surface area contributed by atoms with E-state index in [2.05, 4.69) is 5.32 Å². The summed E-state index contributed by atoms with van der Waals surface area (Å²) in [5.41, 5.74) is 1.99. The third kappa shape index (κ3) is 5.46. The molecule has 0 aliphatic carbocycles. The lowest BCUT2D eigenvalue weighted by molar-refractivity contribution is -0.384. The Hall–Kier alpha value is -3.79. The van der Waals surface area contributed by atoms with E-state index in [0.717, 1.165) is 10.6 Å². The quantitative estimate of drug-likeness (QED) is 0.421. The number of non-ortho nitro benzene ring substituents is 1. The largest absolute Gasteiger partial charge is 0.321 e. The number of amides is 1. The topological polar surface area (TPSA) is 110 Å². The zero-order valence-corrected chi connectivity index (χ0v) is 18.1. The Bertz CT molecular complexity index is 1260. The maximum Gasteiger partial charge on any atom is 0.271 e. The summed E-state index contributed by atoms with van der Waals surface area (Å²) in [5, 5.41) is 13.6. The average Bonchev–Trinajstić information content (AvgIpc) is 2.74. The molecule has 0 saturated heterocycles. The predicted octanol–water partition coefficient (Wildman–Crippen LogP) is 4.26. The zero-order valence-electron chi connectivity index (χ0n) is 17.3. The van der Waals surface area contributed by atoms with E-state index < -0.39 is 26.7 Å². The van der Waals surface area contributed by atoms with Gasteiger partial charge in [0.15, 0.2) is 0 Å². The number of nitrogens with zero attached hydrogens (tertiary/aromatic N) is 2. The van der Waals surface area contributed by atoms with E-state index in [9.17, 15) is 27.7 Å². The van der Waals surface area contributed by atoms with Gasteiger partial charge in [-0.3, -0.25) is 19.2 Å². The molecule has 0 unspecified atom stereocenters.